The first kappa shape index (κ1) is 16.4. The molecule has 1 aliphatic heterocycles. The van der Waals surface area contributed by atoms with Gasteiger partial charge in [0.25, 0.3) is 0 Å². The molecular weight excluding hydrogens is 311 g/mol. The first-order valence-electron chi connectivity index (χ1n) is 6.88. The summed E-state index contributed by atoms with van der Waals surface area (Å²) in [4.78, 5) is 13.9. The third kappa shape index (κ3) is 4.02. The van der Waals surface area contributed by atoms with E-state index in [1.165, 1.54) is 0 Å². The Morgan fingerprint density at radius 2 is 1.95 bits per heavy atom. The lowest BCUT2D eigenvalue weighted by molar-refractivity contribution is 0.0235. The minimum atomic E-state index is -0.522. The predicted molar refractivity (Wildman–Crippen MR) is 84.7 cm³/mol. The summed E-state index contributed by atoms with van der Waals surface area (Å²) in [7, 11) is 0. The fourth-order valence-electron chi connectivity index (χ4n) is 2.30. The SMILES string of the molecule is CC(C)(C)OC(=O)N1CC[C@H](N)c2cc(Cl)c(Cl)cc2C1. The van der Waals surface area contributed by atoms with E-state index in [1.54, 1.807) is 17.0 Å². The third-order valence-electron chi connectivity index (χ3n) is 3.30. The smallest absolute Gasteiger partial charge is 0.410 e. The molecule has 0 fully saturated rings. The number of hydrogen-bond donors (Lipinski definition) is 1. The van der Waals surface area contributed by atoms with Crippen LogP contribution in [0.3, 0.4) is 0 Å². The normalized spacial score (nSPS) is 19.0. The zero-order chi connectivity index (χ0) is 15.8. The van der Waals surface area contributed by atoms with Gasteiger partial charge in [-0.3, -0.25) is 0 Å². The van der Waals surface area contributed by atoms with Crippen LogP contribution in [0.2, 0.25) is 10.0 Å². The van der Waals surface area contributed by atoms with E-state index in [1.807, 2.05) is 20.8 Å². The Hall–Kier alpha value is -0.970. The van der Waals surface area contributed by atoms with E-state index in [0.717, 1.165) is 11.1 Å². The maximum Gasteiger partial charge on any atom is 0.410 e. The predicted octanol–water partition coefficient (Wildman–Crippen LogP) is 4.13. The van der Waals surface area contributed by atoms with E-state index < -0.39 is 5.60 Å². The molecule has 2 N–H and O–H groups in total. The highest BCUT2D eigenvalue weighted by molar-refractivity contribution is 6.42. The quantitative estimate of drug-likeness (QED) is 0.777. The number of hydrogen-bond acceptors (Lipinski definition) is 3. The van der Waals surface area contributed by atoms with Gasteiger partial charge in [0.15, 0.2) is 0 Å². The van der Waals surface area contributed by atoms with Crippen molar-refractivity contribution in [2.45, 2.75) is 45.4 Å². The highest BCUT2D eigenvalue weighted by atomic mass is 35.5. The Kier molecular flexibility index (Phi) is 4.71. The van der Waals surface area contributed by atoms with Gasteiger partial charge in [-0.2, -0.15) is 0 Å². The highest BCUT2D eigenvalue weighted by Gasteiger charge is 2.27. The van der Waals surface area contributed by atoms with Crippen LogP contribution in [0, 0.1) is 0 Å². The lowest BCUT2D eigenvalue weighted by Crippen LogP contribution is -2.36. The largest absolute Gasteiger partial charge is 0.444 e. The van der Waals surface area contributed by atoms with Gasteiger partial charge in [0.2, 0.25) is 0 Å². The zero-order valence-electron chi connectivity index (χ0n) is 12.5. The van der Waals surface area contributed by atoms with E-state index >= 15 is 0 Å². The van der Waals surface area contributed by atoms with E-state index in [9.17, 15) is 4.79 Å². The number of carbonyl (C=O) groups excluding carboxylic acids is 1. The van der Waals surface area contributed by atoms with Crippen molar-refractivity contribution in [3.8, 4) is 0 Å². The number of nitrogens with zero attached hydrogens (tertiary/aromatic N) is 1. The van der Waals surface area contributed by atoms with Crippen molar-refractivity contribution in [1.82, 2.24) is 4.90 Å². The van der Waals surface area contributed by atoms with Crippen molar-refractivity contribution in [3.05, 3.63) is 33.3 Å². The second kappa shape index (κ2) is 6.03. The molecule has 0 bridgehead atoms. The number of fused-ring (bicyclic) bond motifs is 1. The molecule has 0 aromatic heterocycles. The molecule has 1 aliphatic rings. The summed E-state index contributed by atoms with van der Waals surface area (Å²) in [5.41, 5.74) is 7.51. The number of benzene rings is 1. The Bertz CT molecular complexity index is 555. The van der Waals surface area contributed by atoms with Crippen molar-refractivity contribution in [1.29, 1.82) is 0 Å². The molecule has 1 heterocycles. The Morgan fingerprint density at radius 1 is 1.33 bits per heavy atom. The lowest BCUT2D eigenvalue weighted by atomic mass is 10.0. The average Bonchev–Trinajstić information content (AvgIpc) is 2.49. The molecule has 1 amide bonds. The van der Waals surface area contributed by atoms with Crippen LogP contribution < -0.4 is 5.73 Å². The minimum absolute atomic E-state index is 0.165. The van der Waals surface area contributed by atoms with Crippen LogP contribution in [0.5, 0.6) is 0 Å². The Morgan fingerprint density at radius 3 is 2.57 bits per heavy atom. The van der Waals surface area contributed by atoms with Gasteiger partial charge in [-0.05, 0) is 50.5 Å². The molecule has 1 aromatic carbocycles. The molecule has 4 nitrogen and oxygen atoms in total. The van der Waals surface area contributed by atoms with Crippen molar-refractivity contribution >= 4 is 29.3 Å². The summed E-state index contributed by atoms with van der Waals surface area (Å²) in [6.07, 6.45) is 0.318. The van der Waals surface area contributed by atoms with Crippen molar-refractivity contribution in [2.24, 2.45) is 5.73 Å². The van der Waals surface area contributed by atoms with Gasteiger partial charge < -0.3 is 15.4 Å². The van der Waals surface area contributed by atoms with E-state index in [4.69, 9.17) is 33.7 Å². The molecule has 0 saturated carbocycles. The summed E-state index contributed by atoms with van der Waals surface area (Å²) in [6.45, 7) is 6.51. The van der Waals surface area contributed by atoms with Crippen molar-refractivity contribution in [3.63, 3.8) is 0 Å². The molecule has 0 radical (unpaired) electrons. The van der Waals surface area contributed by atoms with Gasteiger partial charge in [-0.1, -0.05) is 23.2 Å². The standard InChI is InChI=1S/C15H20Cl2N2O2/c1-15(2,3)21-14(20)19-5-4-13(18)10-7-12(17)11(16)6-9(10)8-19/h6-7,13H,4-5,8,18H2,1-3H3/t13-/m0/s1. The fourth-order valence-corrected chi connectivity index (χ4v) is 2.66. The maximum absolute atomic E-state index is 12.2. The average molecular weight is 331 g/mol. The van der Waals surface area contributed by atoms with Gasteiger partial charge in [0.05, 0.1) is 10.0 Å². The van der Waals surface area contributed by atoms with Crippen molar-refractivity contribution in [2.75, 3.05) is 6.54 Å². The monoisotopic (exact) mass is 330 g/mol. The fraction of sp³-hybridized carbons (Fsp3) is 0.533. The van der Waals surface area contributed by atoms with Crippen LogP contribution in [-0.2, 0) is 11.3 Å². The minimum Gasteiger partial charge on any atom is -0.444 e. The van der Waals surface area contributed by atoms with Gasteiger partial charge in [-0.25, -0.2) is 4.79 Å². The van der Waals surface area contributed by atoms with Gasteiger partial charge in [0.1, 0.15) is 5.60 Å². The first-order valence-corrected chi connectivity index (χ1v) is 7.64. The summed E-state index contributed by atoms with van der Waals surface area (Å²) in [6, 6.07) is 3.41. The van der Waals surface area contributed by atoms with Crippen molar-refractivity contribution < 1.29 is 9.53 Å². The number of rotatable bonds is 0. The summed E-state index contributed by atoms with van der Waals surface area (Å²) in [5.74, 6) is 0. The molecule has 116 valence electrons. The molecule has 6 heteroatoms. The molecule has 1 aromatic rings. The van der Waals surface area contributed by atoms with E-state index in [2.05, 4.69) is 0 Å². The van der Waals surface area contributed by atoms with Crippen LogP contribution in [0.1, 0.15) is 44.4 Å². The van der Waals surface area contributed by atoms with Crippen LogP contribution in [0.25, 0.3) is 0 Å². The summed E-state index contributed by atoms with van der Waals surface area (Å²) < 4.78 is 5.42. The van der Waals surface area contributed by atoms with Gasteiger partial charge >= 0.3 is 6.09 Å². The Labute approximate surface area is 135 Å². The topological polar surface area (TPSA) is 55.6 Å². The first-order chi connectivity index (χ1) is 9.67. The molecule has 2 rings (SSSR count). The van der Waals surface area contributed by atoms with E-state index in [-0.39, 0.29) is 12.1 Å². The number of halogens is 2. The lowest BCUT2D eigenvalue weighted by Gasteiger charge is -2.26. The van der Waals surface area contributed by atoms with Gasteiger partial charge in [-0.15, -0.1) is 0 Å². The maximum atomic E-state index is 12.2. The Balaban J connectivity index is 2.27. The van der Waals surface area contributed by atoms with Crippen LogP contribution in [0.4, 0.5) is 4.79 Å². The molecule has 0 saturated heterocycles. The second-order valence-corrected chi connectivity index (χ2v) is 7.08. The van der Waals surface area contributed by atoms with E-state index in [0.29, 0.717) is 29.6 Å². The number of ether oxygens (including phenoxy) is 1. The molecule has 0 unspecified atom stereocenters. The van der Waals surface area contributed by atoms with Crippen LogP contribution in [0.15, 0.2) is 12.1 Å². The molecule has 0 aliphatic carbocycles. The summed E-state index contributed by atoms with van der Waals surface area (Å²) in [5, 5.41) is 0.949. The summed E-state index contributed by atoms with van der Waals surface area (Å²) >= 11 is 12.1. The zero-order valence-corrected chi connectivity index (χ0v) is 14.0. The highest BCUT2D eigenvalue weighted by Crippen LogP contribution is 2.32. The molecule has 1 atom stereocenters. The van der Waals surface area contributed by atoms with Crippen LogP contribution >= 0.6 is 23.2 Å². The third-order valence-corrected chi connectivity index (χ3v) is 4.03. The number of nitrogens with two attached hydrogens (primary N) is 1. The number of amides is 1. The number of carbonyl (C=O) groups is 1. The van der Waals surface area contributed by atoms with Gasteiger partial charge in [0, 0.05) is 19.1 Å². The molecular formula is C15H20Cl2N2O2. The molecule has 21 heavy (non-hydrogen) atoms. The second-order valence-electron chi connectivity index (χ2n) is 6.26. The molecule has 0 spiro atoms. The van der Waals surface area contributed by atoms with Crippen LogP contribution in [-0.4, -0.2) is 23.1 Å².